The topological polar surface area (TPSA) is 105 Å². The Kier molecular flexibility index (Phi) is 6.29. The van der Waals surface area contributed by atoms with E-state index in [1.165, 1.54) is 0 Å². The Balaban J connectivity index is 1.55. The number of fused-ring (bicyclic) bond motifs is 1. The number of aryl methyl sites for hydroxylation is 1. The Morgan fingerprint density at radius 2 is 1.76 bits per heavy atom. The van der Waals surface area contributed by atoms with E-state index in [4.69, 9.17) is 15.6 Å². The van der Waals surface area contributed by atoms with Gasteiger partial charge in [-0.3, -0.25) is 10.4 Å². The van der Waals surface area contributed by atoms with E-state index in [1.54, 1.807) is 18.2 Å². The van der Waals surface area contributed by atoms with Crippen LogP contribution in [0.2, 0.25) is 0 Å². The van der Waals surface area contributed by atoms with Crippen molar-refractivity contribution in [1.29, 1.82) is 10.8 Å². The number of allylic oxidation sites excluding steroid dienone is 1. The van der Waals surface area contributed by atoms with Gasteiger partial charge >= 0.3 is 0 Å². The standard InChI is InChI=1S/C27H37N5O2/c1-16-9-19(17-14-34-15-17)20-10-21(24(33)11-23(20)30-16)22(28)7-8-25(29)32(6)18-12-26(2,3)31-27(4,5)13-18/h7-11,17-18,28-29,31,33H,12-15H2,1-6H3/b8-7-,28-22?,29-25?. The Hall–Kier alpha value is -2.77. The highest BCUT2D eigenvalue weighted by Crippen LogP contribution is 2.34. The highest BCUT2D eigenvalue weighted by molar-refractivity contribution is 6.12. The number of likely N-dealkylation sites (N-methyl/N-ethyl adjacent to an activating group) is 1. The van der Waals surface area contributed by atoms with E-state index >= 15 is 0 Å². The third kappa shape index (κ3) is 5.00. The molecule has 7 nitrogen and oxygen atoms in total. The molecule has 0 amide bonds. The molecule has 1 aromatic heterocycles. The molecule has 0 unspecified atom stereocenters. The van der Waals surface area contributed by atoms with Crippen molar-refractivity contribution in [3.8, 4) is 5.75 Å². The van der Waals surface area contributed by atoms with Gasteiger partial charge in [0.2, 0.25) is 0 Å². The minimum Gasteiger partial charge on any atom is -0.507 e. The molecule has 182 valence electrons. The number of pyridine rings is 1. The first-order valence-corrected chi connectivity index (χ1v) is 11.9. The fourth-order valence-corrected chi connectivity index (χ4v) is 5.50. The van der Waals surface area contributed by atoms with Crippen molar-refractivity contribution < 1.29 is 9.84 Å². The number of amidine groups is 1. The maximum Gasteiger partial charge on any atom is 0.127 e. The zero-order valence-corrected chi connectivity index (χ0v) is 21.1. The molecule has 3 heterocycles. The molecule has 0 saturated carbocycles. The molecule has 7 heteroatoms. The molecule has 0 aliphatic carbocycles. The summed E-state index contributed by atoms with van der Waals surface area (Å²) in [6.45, 7) is 12.1. The second-order valence-corrected chi connectivity index (χ2v) is 11.2. The molecule has 2 fully saturated rings. The van der Waals surface area contributed by atoms with Gasteiger partial charge in [-0.1, -0.05) is 0 Å². The van der Waals surface area contributed by atoms with Gasteiger partial charge < -0.3 is 25.5 Å². The Morgan fingerprint density at radius 1 is 1.12 bits per heavy atom. The molecule has 34 heavy (non-hydrogen) atoms. The molecule has 2 saturated heterocycles. The number of hydrogen-bond acceptors (Lipinski definition) is 6. The molecule has 2 aliphatic heterocycles. The predicted molar refractivity (Wildman–Crippen MR) is 137 cm³/mol. The van der Waals surface area contributed by atoms with Crippen molar-refractivity contribution in [3.63, 3.8) is 0 Å². The summed E-state index contributed by atoms with van der Waals surface area (Å²) in [4.78, 5) is 6.57. The van der Waals surface area contributed by atoms with E-state index in [0.717, 1.165) is 35.0 Å². The van der Waals surface area contributed by atoms with Crippen molar-refractivity contribution in [2.45, 2.75) is 70.5 Å². The van der Waals surface area contributed by atoms with Crippen LogP contribution >= 0.6 is 0 Å². The second-order valence-electron chi connectivity index (χ2n) is 11.2. The fourth-order valence-electron chi connectivity index (χ4n) is 5.50. The normalized spacial score (nSPS) is 20.4. The number of aromatic hydroxyl groups is 1. The molecular formula is C27H37N5O2. The maximum atomic E-state index is 10.7. The molecule has 2 aliphatic rings. The van der Waals surface area contributed by atoms with Crippen LogP contribution in [0.4, 0.5) is 0 Å². The Morgan fingerprint density at radius 3 is 2.35 bits per heavy atom. The summed E-state index contributed by atoms with van der Waals surface area (Å²) in [6, 6.07) is 5.79. The lowest BCUT2D eigenvalue weighted by atomic mass is 9.79. The van der Waals surface area contributed by atoms with E-state index < -0.39 is 0 Å². The van der Waals surface area contributed by atoms with E-state index in [0.29, 0.717) is 30.5 Å². The number of nitrogens with zero attached hydrogens (tertiary/aromatic N) is 2. The number of phenolic OH excluding ortho intramolecular Hbond substituents is 1. The third-order valence-corrected chi connectivity index (χ3v) is 6.96. The van der Waals surface area contributed by atoms with Gasteiger partial charge in [0, 0.05) is 52.8 Å². The molecule has 0 atom stereocenters. The highest BCUT2D eigenvalue weighted by atomic mass is 16.5. The quantitative estimate of drug-likeness (QED) is 0.386. The molecule has 2 aromatic rings. The molecule has 0 bridgehead atoms. The van der Waals surface area contributed by atoms with E-state index in [1.807, 2.05) is 24.9 Å². The lowest BCUT2D eigenvalue weighted by Gasteiger charge is -2.49. The van der Waals surface area contributed by atoms with Crippen LogP contribution in [-0.2, 0) is 4.74 Å². The summed E-state index contributed by atoms with van der Waals surface area (Å²) in [5.41, 5.74) is 3.36. The second kappa shape index (κ2) is 8.78. The van der Waals surface area contributed by atoms with Crippen LogP contribution in [0.1, 0.15) is 63.3 Å². The number of ether oxygens (including phenoxy) is 1. The van der Waals surface area contributed by atoms with Crippen molar-refractivity contribution in [3.05, 3.63) is 47.2 Å². The summed E-state index contributed by atoms with van der Waals surface area (Å²) >= 11 is 0. The van der Waals surface area contributed by atoms with E-state index in [2.05, 4.69) is 44.1 Å². The summed E-state index contributed by atoms with van der Waals surface area (Å²) in [6.07, 6.45) is 5.13. The SMILES string of the molecule is Cc1cc(C2COC2)c2cc(C(=N)/C=C\C(=N)N(C)C3CC(C)(C)NC(C)(C)C3)c(O)cc2n1. The van der Waals surface area contributed by atoms with Crippen LogP contribution < -0.4 is 5.32 Å². The number of piperidine rings is 1. The lowest BCUT2D eigenvalue weighted by Crippen LogP contribution is -2.62. The van der Waals surface area contributed by atoms with Gasteiger partial charge in [0.05, 0.1) is 24.4 Å². The smallest absolute Gasteiger partial charge is 0.127 e. The zero-order chi connectivity index (χ0) is 24.8. The largest absolute Gasteiger partial charge is 0.507 e. The average Bonchev–Trinajstić information content (AvgIpc) is 2.67. The minimum atomic E-state index is -0.0101. The number of aromatic nitrogens is 1. The van der Waals surface area contributed by atoms with Crippen LogP contribution in [0.3, 0.4) is 0 Å². The summed E-state index contributed by atoms with van der Waals surface area (Å²) in [5.74, 6) is 0.692. The number of hydrogen-bond donors (Lipinski definition) is 4. The van der Waals surface area contributed by atoms with Crippen LogP contribution in [-0.4, -0.2) is 63.9 Å². The van der Waals surface area contributed by atoms with Crippen LogP contribution in [0.5, 0.6) is 5.75 Å². The lowest BCUT2D eigenvalue weighted by molar-refractivity contribution is 0.00897. The van der Waals surface area contributed by atoms with Gasteiger partial charge in [0.1, 0.15) is 11.6 Å². The summed E-state index contributed by atoms with van der Waals surface area (Å²) in [7, 11) is 1.95. The predicted octanol–water partition coefficient (Wildman–Crippen LogP) is 4.50. The number of nitrogens with one attached hydrogen (secondary N) is 3. The Labute approximate surface area is 202 Å². The monoisotopic (exact) mass is 463 g/mol. The average molecular weight is 464 g/mol. The number of phenols is 1. The summed E-state index contributed by atoms with van der Waals surface area (Å²) < 4.78 is 5.39. The number of rotatable bonds is 5. The van der Waals surface area contributed by atoms with Crippen molar-refractivity contribution in [1.82, 2.24) is 15.2 Å². The molecular weight excluding hydrogens is 426 g/mol. The first kappa shape index (κ1) is 24.4. The fraction of sp³-hybridized carbons (Fsp3) is 0.519. The van der Waals surface area contributed by atoms with Crippen molar-refractivity contribution in [2.75, 3.05) is 20.3 Å². The molecule has 4 N–H and O–H groups in total. The molecule has 1 aromatic carbocycles. The first-order chi connectivity index (χ1) is 15.8. The zero-order valence-electron chi connectivity index (χ0n) is 21.1. The molecule has 4 rings (SSSR count). The van der Waals surface area contributed by atoms with Gasteiger partial charge in [0.25, 0.3) is 0 Å². The van der Waals surface area contributed by atoms with Gasteiger partial charge in [-0.2, -0.15) is 0 Å². The Bertz CT molecular complexity index is 1150. The van der Waals surface area contributed by atoms with E-state index in [9.17, 15) is 5.11 Å². The maximum absolute atomic E-state index is 10.7. The number of benzene rings is 1. The van der Waals surface area contributed by atoms with Crippen LogP contribution in [0.25, 0.3) is 10.9 Å². The summed E-state index contributed by atoms with van der Waals surface area (Å²) in [5, 5.41) is 32.5. The third-order valence-electron chi connectivity index (χ3n) is 6.96. The molecule has 0 radical (unpaired) electrons. The van der Waals surface area contributed by atoms with Crippen molar-refractivity contribution >= 4 is 22.5 Å². The van der Waals surface area contributed by atoms with Gasteiger partial charge in [0.15, 0.2) is 0 Å². The van der Waals surface area contributed by atoms with E-state index in [-0.39, 0.29) is 28.6 Å². The van der Waals surface area contributed by atoms with Gasteiger partial charge in [-0.15, -0.1) is 0 Å². The van der Waals surface area contributed by atoms with Crippen molar-refractivity contribution in [2.24, 2.45) is 0 Å². The highest BCUT2D eigenvalue weighted by Gasteiger charge is 2.39. The van der Waals surface area contributed by atoms with Crippen LogP contribution in [0, 0.1) is 17.7 Å². The van der Waals surface area contributed by atoms with Gasteiger partial charge in [-0.25, -0.2) is 0 Å². The minimum absolute atomic E-state index is 0.0101. The van der Waals surface area contributed by atoms with Crippen LogP contribution in [0.15, 0.2) is 30.4 Å². The first-order valence-electron chi connectivity index (χ1n) is 11.9. The van der Waals surface area contributed by atoms with Gasteiger partial charge in [-0.05, 0) is 77.3 Å². The molecule has 0 spiro atoms.